The molecule has 1 amide bonds. The number of nitro groups is 1. The minimum absolute atomic E-state index is 0.0280. The quantitative estimate of drug-likeness (QED) is 0.505. The Morgan fingerprint density at radius 1 is 1.74 bits per heavy atom. The summed E-state index contributed by atoms with van der Waals surface area (Å²) in [6, 6.07) is 2.33. The van der Waals surface area contributed by atoms with Gasteiger partial charge in [0.2, 0.25) is 0 Å². The minimum Gasteiger partial charge on any atom is -0.336 e. The lowest BCUT2D eigenvalue weighted by molar-refractivity contribution is -0.385. The van der Waals surface area contributed by atoms with E-state index in [2.05, 4.69) is 10.3 Å². The summed E-state index contributed by atoms with van der Waals surface area (Å²) >= 11 is 5.62. The number of pyridine rings is 1. The van der Waals surface area contributed by atoms with E-state index < -0.39 is 22.6 Å². The molecule has 1 N–H and O–H groups in total. The van der Waals surface area contributed by atoms with Crippen LogP contribution in [-0.4, -0.2) is 21.9 Å². The second kappa shape index (κ2) is 6.66. The highest BCUT2D eigenvalue weighted by Gasteiger charge is 2.23. The second-order valence-corrected chi connectivity index (χ2v) is 4.11. The molecule has 0 saturated heterocycles. The van der Waals surface area contributed by atoms with Gasteiger partial charge in [-0.2, -0.15) is 5.26 Å². The van der Waals surface area contributed by atoms with E-state index in [0.29, 0.717) is 12.8 Å². The number of nitrogens with zero attached hydrogens (tertiary/aromatic N) is 3. The number of nitriles is 1. The van der Waals surface area contributed by atoms with Crippen LogP contribution in [0.4, 0.5) is 5.69 Å². The molecule has 1 unspecified atom stereocenters. The van der Waals surface area contributed by atoms with Crippen LogP contribution in [0.3, 0.4) is 0 Å². The Kier molecular flexibility index (Phi) is 5.21. The zero-order valence-corrected chi connectivity index (χ0v) is 10.8. The Morgan fingerprint density at radius 2 is 2.42 bits per heavy atom. The van der Waals surface area contributed by atoms with E-state index in [1.165, 1.54) is 0 Å². The third kappa shape index (κ3) is 3.89. The first-order valence-corrected chi connectivity index (χ1v) is 5.87. The van der Waals surface area contributed by atoms with Gasteiger partial charge in [0, 0.05) is 0 Å². The maximum Gasteiger partial charge on any atom is 0.300 e. The molecule has 1 heterocycles. The molecule has 0 aliphatic carbocycles. The SMILES string of the molecule is CCCC(C#N)NC(=O)c1cc(Cl)ncc1[N+](=O)[O-]. The molecule has 19 heavy (non-hydrogen) atoms. The van der Waals surface area contributed by atoms with Crippen molar-refractivity contribution in [3.8, 4) is 6.07 Å². The van der Waals surface area contributed by atoms with Crippen LogP contribution in [0.15, 0.2) is 12.3 Å². The topological polar surface area (TPSA) is 109 Å². The molecule has 100 valence electrons. The summed E-state index contributed by atoms with van der Waals surface area (Å²) in [5.41, 5.74) is -0.656. The van der Waals surface area contributed by atoms with Crippen molar-refractivity contribution in [2.45, 2.75) is 25.8 Å². The van der Waals surface area contributed by atoms with E-state index >= 15 is 0 Å². The van der Waals surface area contributed by atoms with Crippen molar-refractivity contribution in [1.82, 2.24) is 10.3 Å². The van der Waals surface area contributed by atoms with Crippen molar-refractivity contribution < 1.29 is 9.72 Å². The van der Waals surface area contributed by atoms with Crippen LogP contribution in [0.5, 0.6) is 0 Å². The summed E-state index contributed by atoms with van der Waals surface area (Å²) in [7, 11) is 0. The van der Waals surface area contributed by atoms with Crippen molar-refractivity contribution in [3.63, 3.8) is 0 Å². The van der Waals surface area contributed by atoms with E-state index in [-0.39, 0.29) is 10.7 Å². The molecule has 1 aromatic heterocycles. The average molecular weight is 283 g/mol. The molecule has 0 aliphatic rings. The summed E-state index contributed by atoms with van der Waals surface area (Å²) in [5.74, 6) is -0.712. The van der Waals surface area contributed by atoms with Crippen molar-refractivity contribution in [2.24, 2.45) is 0 Å². The van der Waals surface area contributed by atoms with Gasteiger partial charge in [0.1, 0.15) is 23.0 Å². The van der Waals surface area contributed by atoms with E-state index in [0.717, 1.165) is 12.3 Å². The fourth-order valence-corrected chi connectivity index (χ4v) is 1.60. The van der Waals surface area contributed by atoms with Crippen LogP contribution in [0.1, 0.15) is 30.1 Å². The van der Waals surface area contributed by atoms with E-state index in [1.54, 1.807) is 0 Å². The first kappa shape index (κ1) is 14.9. The fraction of sp³-hybridized carbons (Fsp3) is 0.364. The van der Waals surface area contributed by atoms with E-state index in [1.807, 2.05) is 13.0 Å². The predicted octanol–water partition coefficient (Wildman–Crippen LogP) is 2.07. The molecule has 0 radical (unpaired) electrons. The number of hydrogen-bond donors (Lipinski definition) is 1. The molecule has 0 spiro atoms. The van der Waals surface area contributed by atoms with Crippen LogP contribution in [0, 0.1) is 21.4 Å². The number of halogens is 1. The molecule has 1 rings (SSSR count). The molecular formula is C11H11ClN4O3. The summed E-state index contributed by atoms with van der Waals surface area (Å²) in [5, 5.41) is 22.0. The van der Waals surface area contributed by atoms with Gasteiger partial charge >= 0.3 is 0 Å². The average Bonchev–Trinajstić information content (AvgIpc) is 2.37. The number of nitrogens with one attached hydrogen (secondary N) is 1. The predicted molar refractivity (Wildman–Crippen MR) is 67.7 cm³/mol. The van der Waals surface area contributed by atoms with Gasteiger partial charge < -0.3 is 5.32 Å². The molecule has 8 heteroatoms. The number of carbonyl (C=O) groups excluding carboxylic acids is 1. The van der Waals surface area contributed by atoms with Gasteiger partial charge in [-0.15, -0.1) is 0 Å². The Labute approximate surface area is 114 Å². The Hall–Kier alpha value is -2.20. The van der Waals surface area contributed by atoms with Gasteiger partial charge in [-0.25, -0.2) is 4.98 Å². The Balaban J connectivity index is 3.02. The summed E-state index contributed by atoms with van der Waals surface area (Å²) < 4.78 is 0. The van der Waals surface area contributed by atoms with Crippen molar-refractivity contribution in [1.29, 1.82) is 5.26 Å². The van der Waals surface area contributed by atoms with Crippen LogP contribution >= 0.6 is 11.6 Å². The van der Waals surface area contributed by atoms with Crippen molar-refractivity contribution >= 4 is 23.2 Å². The molecule has 0 saturated carbocycles. The highest BCUT2D eigenvalue weighted by atomic mass is 35.5. The molecule has 0 fully saturated rings. The minimum atomic E-state index is -0.723. The van der Waals surface area contributed by atoms with E-state index in [9.17, 15) is 14.9 Å². The zero-order valence-electron chi connectivity index (χ0n) is 10.1. The number of aromatic nitrogens is 1. The van der Waals surface area contributed by atoms with Crippen molar-refractivity contribution in [3.05, 3.63) is 33.1 Å². The smallest absolute Gasteiger partial charge is 0.300 e. The van der Waals surface area contributed by atoms with Crippen LogP contribution < -0.4 is 5.32 Å². The first-order chi connectivity index (χ1) is 8.99. The summed E-state index contributed by atoms with van der Waals surface area (Å²) in [4.78, 5) is 25.5. The Morgan fingerprint density at radius 3 is 2.95 bits per heavy atom. The number of amides is 1. The van der Waals surface area contributed by atoms with Crippen LogP contribution in [-0.2, 0) is 0 Å². The van der Waals surface area contributed by atoms with Gasteiger partial charge in [-0.3, -0.25) is 14.9 Å². The zero-order chi connectivity index (χ0) is 14.4. The molecule has 0 aromatic carbocycles. The highest BCUT2D eigenvalue weighted by Crippen LogP contribution is 2.20. The molecular weight excluding hydrogens is 272 g/mol. The van der Waals surface area contributed by atoms with Crippen molar-refractivity contribution in [2.75, 3.05) is 0 Å². The number of carbonyl (C=O) groups is 1. The first-order valence-electron chi connectivity index (χ1n) is 5.50. The molecule has 0 aliphatic heterocycles. The highest BCUT2D eigenvalue weighted by molar-refractivity contribution is 6.29. The maximum atomic E-state index is 11.9. The lowest BCUT2D eigenvalue weighted by Crippen LogP contribution is -2.34. The third-order valence-electron chi connectivity index (χ3n) is 2.33. The van der Waals surface area contributed by atoms with Gasteiger partial charge in [0.05, 0.1) is 11.0 Å². The van der Waals surface area contributed by atoms with Gasteiger partial charge in [0.15, 0.2) is 0 Å². The second-order valence-electron chi connectivity index (χ2n) is 3.73. The third-order valence-corrected chi connectivity index (χ3v) is 2.54. The van der Waals surface area contributed by atoms with E-state index in [4.69, 9.17) is 16.9 Å². The molecule has 1 aromatic rings. The van der Waals surface area contributed by atoms with Gasteiger partial charge in [-0.05, 0) is 12.5 Å². The number of rotatable bonds is 5. The lowest BCUT2D eigenvalue weighted by atomic mass is 10.1. The monoisotopic (exact) mass is 282 g/mol. The molecule has 7 nitrogen and oxygen atoms in total. The van der Waals surface area contributed by atoms with Crippen LogP contribution in [0.2, 0.25) is 5.15 Å². The van der Waals surface area contributed by atoms with Gasteiger partial charge in [0.25, 0.3) is 11.6 Å². The largest absolute Gasteiger partial charge is 0.336 e. The summed E-state index contributed by atoms with van der Waals surface area (Å²) in [6.07, 6.45) is 2.09. The fourth-order valence-electron chi connectivity index (χ4n) is 1.44. The molecule has 1 atom stereocenters. The van der Waals surface area contributed by atoms with Crippen LogP contribution in [0.25, 0.3) is 0 Å². The maximum absolute atomic E-state index is 11.9. The standard InChI is InChI=1S/C11H11ClN4O3/c1-2-3-7(5-13)15-11(17)8-4-10(12)14-6-9(8)16(18)19/h4,6-7H,2-3H2,1H3,(H,15,17). The normalized spacial score (nSPS) is 11.4. The summed E-state index contributed by atoms with van der Waals surface area (Å²) in [6.45, 7) is 1.86. The Bertz CT molecular complexity index is 541. The van der Waals surface area contributed by atoms with Gasteiger partial charge in [-0.1, -0.05) is 24.9 Å². The number of hydrogen-bond acceptors (Lipinski definition) is 5. The molecule has 0 bridgehead atoms. The lowest BCUT2D eigenvalue weighted by Gasteiger charge is -2.10.